The first-order valence-corrected chi connectivity index (χ1v) is 8.62. The van der Waals surface area contributed by atoms with E-state index in [4.69, 9.17) is 4.74 Å². The SMILES string of the molecule is CN=C(NCCOCCC(C)C)NCC(C)c1ccsc1. The Morgan fingerprint density at radius 2 is 2.10 bits per heavy atom. The van der Waals surface area contributed by atoms with E-state index in [9.17, 15) is 0 Å². The van der Waals surface area contributed by atoms with Gasteiger partial charge in [0.1, 0.15) is 0 Å². The number of rotatable bonds is 9. The molecular formula is C16H29N3OS. The highest BCUT2D eigenvalue weighted by Gasteiger charge is 2.06. The van der Waals surface area contributed by atoms with Crippen LogP contribution in [0.5, 0.6) is 0 Å². The lowest BCUT2D eigenvalue weighted by Crippen LogP contribution is -2.40. The van der Waals surface area contributed by atoms with Crippen LogP contribution in [-0.2, 0) is 4.74 Å². The predicted octanol–water partition coefficient (Wildman–Crippen LogP) is 3.08. The summed E-state index contributed by atoms with van der Waals surface area (Å²) < 4.78 is 5.58. The molecule has 0 aliphatic heterocycles. The first-order valence-electron chi connectivity index (χ1n) is 7.67. The van der Waals surface area contributed by atoms with Crippen molar-refractivity contribution < 1.29 is 4.74 Å². The Labute approximate surface area is 133 Å². The average Bonchev–Trinajstić information content (AvgIpc) is 2.99. The molecule has 21 heavy (non-hydrogen) atoms. The van der Waals surface area contributed by atoms with E-state index in [0.29, 0.717) is 18.4 Å². The van der Waals surface area contributed by atoms with Crippen molar-refractivity contribution in [3.63, 3.8) is 0 Å². The highest BCUT2D eigenvalue weighted by atomic mass is 32.1. The molecule has 0 fully saturated rings. The van der Waals surface area contributed by atoms with Crippen LogP contribution in [0.1, 0.15) is 38.7 Å². The maximum absolute atomic E-state index is 5.58. The second-order valence-corrected chi connectivity index (χ2v) is 6.41. The largest absolute Gasteiger partial charge is 0.380 e. The van der Waals surface area contributed by atoms with Crippen LogP contribution in [0.25, 0.3) is 0 Å². The van der Waals surface area contributed by atoms with Crippen molar-refractivity contribution in [3.8, 4) is 0 Å². The summed E-state index contributed by atoms with van der Waals surface area (Å²) in [5.74, 6) is 2.02. The van der Waals surface area contributed by atoms with Gasteiger partial charge in [-0.25, -0.2) is 0 Å². The summed E-state index contributed by atoms with van der Waals surface area (Å²) in [6, 6.07) is 2.18. The molecule has 1 aromatic heterocycles. The van der Waals surface area contributed by atoms with Crippen LogP contribution >= 0.6 is 11.3 Å². The zero-order valence-corrected chi connectivity index (χ0v) is 14.5. The highest BCUT2D eigenvalue weighted by Crippen LogP contribution is 2.16. The third kappa shape index (κ3) is 8.07. The molecule has 0 saturated heterocycles. The summed E-state index contributed by atoms with van der Waals surface area (Å²) in [6.07, 6.45) is 1.12. The van der Waals surface area contributed by atoms with Gasteiger partial charge in [0.15, 0.2) is 5.96 Å². The van der Waals surface area contributed by atoms with Gasteiger partial charge in [0, 0.05) is 26.7 Å². The second-order valence-electron chi connectivity index (χ2n) is 5.63. The monoisotopic (exact) mass is 311 g/mol. The smallest absolute Gasteiger partial charge is 0.191 e. The van der Waals surface area contributed by atoms with Crippen molar-refractivity contribution in [3.05, 3.63) is 22.4 Å². The van der Waals surface area contributed by atoms with Crippen LogP contribution < -0.4 is 10.6 Å². The van der Waals surface area contributed by atoms with E-state index < -0.39 is 0 Å². The van der Waals surface area contributed by atoms with Crippen molar-refractivity contribution in [1.29, 1.82) is 0 Å². The Bertz CT molecular complexity index is 390. The number of ether oxygens (including phenoxy) is 1. The summed E-state index contributed by atoms with van der Waals surface area (Å²) in [7, 11) is 1.80. The maximum atomic E-state index is 5.58. The Kier molecular flexibility index (Phi) is 9.10. The van der Waals surface area contributed by atoms with Gasteiger partial charge < -0.3 is 15.4 Å². The molecule has 0 aromatic carbocycles. The number of aliphatic imine (C=N–C) groups is 1. The van der Waals surface area contributed by atoms with Gasteiger partial charge in [0.2, 0.25) is 0 Å². The van der Waals surface area contributed by atoms with Crippen molar-refractivity contribution in [2.45, 2.75) is 33.1 Å². The van der Waals surface area contributed by atoms with Crippen LogP contribution in [0.4, 0.5) is 0 Å². The van der Waals surface area contributed by atoms with Crippen molar-refractivity contribution >= 4 is 17.3 Å². The summed E-state index contributed by atoms with van der Waals surface area (Å²) in [5, 5.41) is 10.9. The van der Waals surface area contributed by atoms with Crippen LogP contribution in [0, 0.1) is 5.92 Å². The van der Waals surface area contributed by atoms with Crippen LogP contribution in [0.3, 0.4) is 0 Å². The molecule has 1 unspecified atom stereocenters. The van der Waals surface area contributed by atoms with E-state index in [-0.39, 0.29) is 0 Å². The Morgan fingerprint density at radius 3 is 2.71 bits per heavy atom. The van der Waals surface area contributed by atoms with Crippen LogP contribution in [0.15, 0.2) is 21.8 Å². The quantitative estimate of drug-likeness (QED) is 0.418. The zero-order chi connectivity index (χ0) is 15.5. The van der Waals surface area contributed by atoms with Gasteiger partial charge in [-0.3, -0.25) is 4.99 Å². The van der Waals surface area contributed by atoms with Gasteiger partial charge in [-0.15, -0.1) is 0 Å². The molecule has 0 aliphatic carbocycles. The van der Waals surface area contributed by atoms with E-state index >= 15 is 0 Å². The second kappa shape index (κ2) is 10.6. The lowest BCUT2D eigenvalue weighted by atomic mass is 10.1. The standard InChI is InChI=1S/C16H29N3OS/c1-13(2)5-8-20-9-7-18-16(17-4)19-11-14(3)15-6-10-21-12-15/h6,10,12-14H,5,7-9,11H2,1-4H3,(H2,17,18,19). The lowest BCUT2D eigenvalue weighted by Gasteiger charge is -2.15. The molecule has 5 heteroatoms. The molecule has 1 atom stereocenters. The topological polar surface area (TPSA) is 45.7 Å². The van der Waals surface area contributed by atoms with Gasteiger partial charge in [-0.05, 0) is 40.6 Å². The van der Waals surface area contributed by atoms with E-state index in [1.54, 1.807) is 18.4 Å². The summed E-state index contributed by atoms with van der Waals surface area (Å²) >= 11 is 1.74. The van der Waals surface area contributed by atoms with Crippen LogP contribution in [-0.4, -0.2) is 39.3 Å². The first-order chi connectivity index (χ1) is 10.1. The fourth-order valence-corrected chi connectivity index (χ4v) is 2.59. The van der Waals surface area contributed by atoms with E-state index in [2.05, 4.69) is 53.2 Å². The number of guanidine groups is 1. The van der Waals surface area contributed by atoms with Gasteiger partial charge in [0.05, 0.1) is 6.61 Å². The van der Waals surface area contributed by atoms with Gasteiger partial charge in [-0.1, -0.05) is 20.8 Å². The normalized spacial score (nSPS) is 13.5. The molecule has 0 bridgehead atoms. The number of thiophene rings is 1. The number of nitrogens with one attached hydrogen (secondary N) is 2. The summed E-state index contributed by atoms with van der Waals surface area (Å²) in [5.41, 5.74) is 1.37. The zero-order valence-electron chi connectivity index (χ0n) is 13.7. The third-order valence-corrected chi connectivity index (χ3v) is 3.99. The molecule has 0 amide bonds. The number of hydrogen-bond donors (Lipinski definition) is 2. The first kappa shape index (κ1) is 18.0. The summed E-state index contributed by atoms with van der Waals surface area (Å²) in [6.45, 7) is 9.85. The third-order valence-electron chi connectivity index (χ3n) is 3.29. The van der Waals surface area contributed by atoms with E-state index in [1.165, 1.54) is 5.56 Å². The highest BCUT2D eigenvalue weighted by molar-refractivity contribution is 7.07. The molecule has 0 spiro atoms. The molecule has 2 N–H and O–H groups in total. The van der Waals surface area contributed by atoms with Gasteiger partial charge in [0.25, 0.3) is 0 Å². The Hall–Kier alpha value is -1.07. The van der Waals surface area contributed by atoms with E-state index in [0.717, 1.165) is 32.1 Å². The minimum absolute atomic E-state index is 0.483. The molecular weight excluding hydrogens is 282 g/mol. The van der Waals surface area contributed by atoms with Crippen molar-refractivity contribution in [2.24, 2.45) is 10.9 Å². The van der Waals surface area contributed by atoms with Gasteiger partial charge in [-0.2, -0.15) is 11.3 Å². The number of nitrogens with zero attached hydrogens (tertiary/aromatic N) is 1. The molecule has 1 rings (SSSR count). The lowest BCUT2D eigenvalue weighted by molar-refractivity contribution is 0.128. The van der Waals surface area contributed by atoms with Gasteiger partial charge >= 0.3 is 0 Å². The van der Waals surface area contributed by atoms with Crippen molar-refractivity contribution in [1.82, 2.24) is 10.6 Å². The fraction of sp³-hybridized carbons (Fsp3) is 0.688. The van der Waals surface area contributed by atoms with Crippen molar-refractivity contribution in [2.75, 3.05) is 33.4 Å². The molecule has 120 valence electrons. The summed E-state index contributed by atoms with van der Waals surface area (Å²) in [4.78, 5) is 4.23. The Balaban J connectivity index is 2.12. The average molecular weight is 311 g/mol. The van der Waals surface area contributed by atoms with E-state index in [1.807, 2.05) is 0 Å². The minimum atomic E-state index is 0.483. The molecule has 4 nitrogen and oxygen atoms in total. The molecule has 0 radical (unpaired) electrons. The minimum Gasteiger partial charge on any atom is -0.380 e. The molecule has 1 aromatic rings. The Morgan fingerprint density at radius 1 is 1.29 bits per heavy atom. The van der Waals surface area contributed by atoms with Crippen LogP contribution in [0.2, 0.25) is 0 Å². The maximum Gasteiger partial charge on any atom is 0.191 e. The molecule has 0 saturated carbocycles. The predicted molar refractivity (Wildman–Crippen MR) is 92.4 cm³/mol. The molecule has 0 aliphatic rings. The fourth-order valence-electron chi connectivity index (χ4n) is 1.81. The molecule has 1 heterocycles. The number of hydrogen-bond acceptors (Lipinski definition) is 3.